The number of aryl methyl sites for hydroxylation is 2. The third kappa shape index (κ3) is 2.26. The molecule has 20 heavy (non-hydrogen) atoms. The number of nitrogens with one attached hydrogen (secondary N) is 1. The second kappa shape index (κ2) is 5.05. The largest absolute Gasteiger partial charge is 0.375 e. The highest BCUT2D eigenvalue weighted by atomic mass is 16.6. The van der Waals surface area contributed by atoms with Crippen LogP contribution in [0.5, 0.6) is 0 Å². The molecule has 2 unspecified atom stereocenters. The predicted molar refractivity (Wildman–Crippen MR) is 79.2 cm³/mol. The summed E-state index contributed by atoms with van der Waals surface area (Å²) in [5.74, 6) is 0. The Morgan fingerprint density at radius 1 is 1.25 bits per heavy atom. The quantitative estimate of drug-likeness (QED) is 0.680. The third-order valence-corrected chi connectivity index (χ3v) is 4.76. The van der Waals surface area contributed by atoms with E-state index in [1.165, 1.54) is 19.4 Å². The molecule has 2 saturated heterocycles. The standard InChI is InChI=1S/C15H21N3O2/c1-10-8-13(15(18(19)20)9-11(10)2)16-12-5-7-17-6-3-4-14(12)17/h8-9,12,14,16H,3-7H2,1-2H3. The van der Waals surface area contributed by atoms with Crippen LogP contribution in [0.3, 0.4) is 0 Å². The average Bonchev–Trinajstić information content (AvgIpc) is 2.98. The fourth-order valence-corrected chi connectivity index (χ4v) is 3.52. The van der Waals surface area contributed by atoms with E-state index in [1.54, 1.807) is 6.07 Å². The summed E-state index contributed by atoms with van der Waals surface area (Å²) in [6.07, 6.45) is 3.53. The first kappa shape index (κ1) is 13.4. The molecule has 0 aliphatic carbocycles. The number of fused-ring (bicyclic) bond motifs is 1. The molecule has 0 amide bonds. The van der Waals surface area contributed by atoms with Gasteiger partial charge < -0.3 is 5.32 Å². The highest BCUT2D eigenvalue weighted by Gasteiger charge is 2.37. The van der Waals surface area contributed by atoms with Crippen molar-refractivity contribution in [1.29, 1.82) is 0 Å². The fourth-order valence-electron chi connectivity index (χ4n) is 3.52. The van der Waals surface area contributed by atoms with E-state index in [1.807, 2.05) is 19.9 Å². The monoisotopic (exact) mass is 275 g/mol. The van der Waals surface area contributed by atoms with E-state index in [9.17, 15) is 10.1 Å². The summed E-state index contributed by atoms with van der Waals surface area (Å²) in [5, 5.41) is 14.7. The van der Waals surface area contributed by atoms with Crippen LogP contribution in [-0.4, -0.2) is 35.0 Å². The molecule has 2 atom stereocenters. The lowest BCUT2D eigenvalue weighted by Gasteiger charge is -2.22. The lowest BCUT2D eigenvalue weighted by molar-refractivity contribution is -0.384. The molecule has 0 aromatic heterocycles. The van der Waals surface area contributed by atoms with Gasteiger partial charge in [-0.15, -0.1) is 0 Å². The zero-order chi connectivity index (χ0) is 14.3. The van der Waals surface area contributed by atoms with E-state index < -0.39 is 0 Å². The maximum atomic E-state index is 11.2. The predicted octanol–water partition coefficient (Wildman–Crippen LogP) is 2.86. The van der Waals surface area contributed by atoms with Crippen molar-refractivity contribution in [2.24, 2.45) is 0 Å². The number of nitro groups is 1. The molecular formula is C15H21N3O2. The highest BCUT2D eigenvalue weighted by Crippen LogP contribution is 2.34. The van der Waals surface area contributed by atoms with E-state index in [4.69, 9.17) is 0 Å². The van der Waals surface area contributed by atoms with Crippen molar-refractivity contribution in [3.8, 4) is 0 Å². The summed E-state index contributed by atoms with van der Waals surface area (Å²) in [4.78, 5) is 13.5. The van der Waals surface area contributed by atoms with Crippen molar-refractivity contribution >= 4 is 11.4 Å². The lowest BCUT2D eigenvalue weighted by atomic mass is 10.0. The van der Waals surface area contributed by atoms with Crippen molar-refractivity contribution in [3.05, 3.63) is 33.4 Å². The van der Waals surface area contributed by atoms with E-state index in [-0.39, 0.29) is 10.6 Å². The van der Waals surface area contributed by atoms with E-state index in [0.717, 1.165) is 24.1 Å². The molecule has 108 valence electrons. The molecule has 1 aromatic carbocycles. The van der Waals surface area contributed by atoms with Gasteiger partial charge in [0.15, 0.2) is 0 Å². The maximum absolute atomic E-state index is 11.2. The smallest absolute Gasteiger partial charge is 0.292 e. The Hall–Kier alpha value is -1.62. The van der Waals surface area contributed by atoms with Gasteiger partial charge >= 0.3 is 0 Å². The molecule has 5 heteroatoms. The van der Waals surface area contributed by atoms with Crippen LogP contribution in [0, 0.1) is 24.0 Å². The first-order chi connectivity index (χ1) is 9.56. The highest BCUT2D eigenvalue weighted by molar-refractivity contribution is 5.65. The summed E-state index contributed by atoms with van der Waals surface area (Å²) < 4.78 is 0. The molecule has 5 nitrogen and oxygen atoms in total. The molecule has 2 aliphatic rings. The van der Waals surface area contributed by atoms with Crippen LogP contribution in [0.1, 0.15) is 30.4 Å². The molecule has 0 saturated carbocycles. The lowest BCUT2D eigenvalue weighted by Crippen LogP contribution is -2.33. The second-order valence-corrected chi connectivity index (χ2v) is 6.00. The number of nitrogens with zero attached hydrogens (tertiary/aromatic N) is 2. The zero-order valence-corrected chi connectivity index (χ0v) is 12.1. The summed E-state index contributed by atoms with van der Waals surface area (Å²) in [7, 11) is 0. The molecule has 3 rings (SSSR count). The van der Waals surface area contributed by atoms with Gasteiger partial charge in [-0.25, -0.2) is 0 Å². The van der Waals surface area contributed by atoms with Crippen molar-refractivity contribution < 1.29 is 4.92 Å². The number of anilines is 1. The van der Waals surface area contributed by atoms with Gasteiger partial charge in [0.1, 0.15) is 5.69 Å². The Bertz CT molecular complexity index is 544. The van der Waals surface area contributed by atoms with Gasteiger partial charge in [-0.2, -0.15) is 0 Å². The fraction of sp³-hybridized carbons (Fsp3) is 0.600. The van der Waals surface area contributed by atoms with Gasteiger partial charge in [-0.3, -0.25) is 15.0 Å². The first-order valence-corrected chi connectivity index (χ1v) is 7.32. The van der Waals surface area contributed by atoms with Gasteiger partial charge in [0, 0.05) is 24.7 Å². The van der Waals surface area contributed by atoms with Crippen molar-refractivity contribution in [3.63, 3.8) is 0 Å². The van der Waals surface area contributed by atoms with Gasteiger partial charge in [-0.1, -0.05) is 0 Å². The van der Waals surface area contributed by atoms with Crippen LogP contribution in [0.4, 0.5) is 11.4 Å². The van der Waals surface area contributed by atoms with Crippen LogP contribution in [0.2, 0.25) is 0 Å². The summed E-state index contributed by atoms with van der Waals surface area (Å²) >= 11 is 0. The topological polar surface area (TPSA) is 58.4 Å². The molecule has 0 spiro atoms. The molecule has 2 aliphatic heterocycles. The number of benzene rings is 1. The van der Waals surface area contributed by atoms with Crippen LogP contribution in [0.25, 0.3) is 0 Å². The molecular weight excluding hydrogens is 254 g/mol. The minimum Gasteiger partial charge on any atom is -0.375 e. The van der Waals surface area contributed by atoms with Gasteiger partial charge in [0.25, 0.3) is 5.69 Å². The molecule has 2 heterocycles. The number of nitro benzene ring substituents is 1. The zero-order valence-electron chi connectivity index (χ0n) is 12.1. The Morgan fingerprint density at radius 3 is 2.75 bits per heavy atom. The van der Waals surface area contributed by atoms with Crippen molar-refractivity contribution in [2.75, 3.05) is 18.4 Å². The SMILES string of the molecule is Cc1cc(NC2CCN3CCCC23)c([N+](=O)[O-])cc1C. The first-order valence-electron chi connectivity index (χ1n) is 7.32. The van der Waals surface area contributed by atoms with Crippen LogP contribution >= 0.6 is 0 Å². The summed E-state index contributed by atoms with van der Waals surface area (Å²) in [6, 6.07) is 4.50. The van der Waals surface area contributed by atoms with E-state index in [0.29, 0.717) is 17.8 Å². The van der Waals surface area contributed by atoms with Crippen LogP contribution in [0.15, 0.2) is 12.1 Å². The normalized spacial score (nSPS) is 25.7. The van der Waals surface area contributed by atoms with Crippen LogP contribution in [-0.2, 0) is 0 Å². The molecule has 1 aromatic rings. The maximum Gasteiger partial charge on any atom is 0.292 e. The third-order valence-electron chi connectivity index (χ3n) is 4.76. The number of hydrogen-bond donors (Lipinski definition) is 1. The minimum absolute atomic E-state index is 0.199. The average molecular weight is 275 g/mol. The minimum atomic E-state index is -0.282. The summed E-state index contributed by atoms with van der Waals surface area (Å²) in [6.45, 7) is 6.21. The molecule has 1 N–H and O–H groups in total. The number of rotatable bonds is 3. The Morgan fingerprint density at radius 2 is 2.00 bits per heavy atom. The molecule has 0 radical (unpaired) electrons. The van der Waals surface area contributed by atoms with Crippen molar-refractivity contribution in [1.82, 2.24) is 4.90 Å². The number of hydrogen-bond acceptors (Lipinski definition) is 4. The van der Waals surface area contributed by atoms with E-state index >= 15 is 0 Å². The Kier molecular flexibility index (Phi) is 3.38. The molecule has 0 bridgehead atoms. The van der Waals surface area contributed by atoms with Gasteiger partial charge in [0.05, 0.1) is 4.92 Å². The second-order valence-electron chi connectivity index (χ2n) is 6.00. The Balaban J connectivity index is 1.86. The van der Waals surface area contributed by atoms with Gasteiger partial charge in [0.2, 0.25) is 0 Å². The summed E-state index contributed by atoms with van der Waals surface area (Å²) in [5.41, 5.74) is 2.94. The molecule has 2 fully saturated rings. The van der Waals surface area contributed by atoms with Crippen molar-refractivity contribution in [2.45, 2.75) is 45.2 Å². The Labute approximate surface area is 119 Å². The van der Waals surface area contributed by atoms with Crippen LogP contribution < -0.4 is 5.32 Å². The van der Waals surface area contributed by atoms with E-state index in [2.05, 4.69) is 10.2 Å². The van der Waals surface area contributed by atoms with Gasteiger partial charge in [-0.05, 0) is 56.8 Å².